The molecule has 0 saturated heterocycles. The van der Waals surface area contributed by atoms with Crippen LogP contribution in [0.5, 0.6) is 5.75 Å². The predicted molar refractivity (Wildman–Crippen MR) is 71.4 cm³/mol. The van der Waals surface area contributed by atoms with Crippen LogP contribution in [0.2, 0.25) is 0 Å². The zero-order chi connectivity index (χ0) is 16.5. The minimum Gasteiger partial charge on any atom is -0.404 e. The Labute approximate surface area is 124 Å². The second-order valence-corrected chi connectivity index (χ2v) is 5.82. The molecule has 0 aliphatic rings. The number of rotatable bonds is 4. The zero-order valence-corrected chi connectivity index (χ0v) is 12.1. The van der Waals surface area contributed by atoms with E-state index in [-0.39, 0.29) is 0 Å². The Morgan fingerprint density at radius 3 is 2.55 bits per heavy atom. The molecule has 0 aliphatic carbocycles. The van der Waals surface area contributed by atoms with Gasteiger partial charge in [0.25, 0.3) is 0 Å². The number of primary sulfonamides is 1. The lowest BCUT2D eigenvalue weighted by Crippen LogP contribution is -2.21. The molecule has 2 rings (SSSR count). The quantitative estimate of drug-likeness (QED) is 0.927. The highest BCUT2D eigenvalue weighted by Gasteiger charge is 2.33. The number of nitrogens with zero attached hydrogens (tertiary/aromatic N) is 2. The fraction of sp³-hybridized carbons (Fsp3) is 0.250. The van der Waals surface area contributed by atoms with E-state index in [4.69, 9.17) is 5.14 Å². The first kappa shape index (κ1) is 16.3. The van der Waals surface area contributed by atoms with E-state index in [1.165, 1.54) is 12.3 Å². The first-order valence-electron chi connectivity index (χ1n) is 6.06. The lowest BCUT2D eigenvalue weighted by molar-refractivity contribution is -0.275. The molecule has 0 unspecified atom stereocenters. The van der Waals surface area contributed by atoms with Crippen molar-refractivity contribution in [2.45, 2.75) is 24.7 Å². The van der Waals surface area contributed by atoms with Crippen LogP contribution in [0.3, 0.4) is 0 Å². The second-order valence-electron chi connectivity index (χ2n) is 4.29. The van der Waals surface area contributed by atoms with Crippen molar-refractivity contribution < 1.29 is 26.3 Å². The standard InChI is InChI=1S/C12H12F3N3O3S/c1-2-18-9(5-6-17-18)8-3-4-10(21-12(13,14)15)11(7-8)22(16,19)20/h3-7H,2H2,1H3,(H2,16,19,20). The summed E-state index contributed by atoms with van der Waals surface area (Å²) in [6.45, 7) is 2.33. The maximum absolute atomic E-state index is 12.3. The molecule has 1 heterocycles. The number of aromatic nitrogens is 2. The first-order chi connectivity index (χ1) is 10.1. The van der Waals surface area contributed by atoms with E-state index in [0.717, 1.165) is 12.1 Å². The van der Waals surface area contributed by atoms with E-state index in [9.17, 15) is 21.6 Å². The van der Waals surface area contributed by atoms with E-state index >= 15 is 0 Å². The summed E-state index contributed by atoms with van der Waals surface area (Å²) in [4.78, 5) is -0.744. The zero-order valence-electron chi connectivity index (χ0n) is 11.3. The van der Waals surface area contributed by atoms with Crippen molar-refractivity contribution >= 4 is 10.0 Å². The van der Waals surface area contributed by atoms with Crippen LogP contribution in [0.4, 0.5) is 13.2 Å². The van der Waals surface area contributed by atoms with Gasteiger partial charge in [0.2, 0.25) is 10.0 Å². The summed E-state index contributed by atoms with van der Waals surface area (Å²) in [5.41, 5.74) is 0.906. The van der Waals surface area contributed by atoms with Crippen LogP contribution in [0, 0.1) is 0 Å². The lowest BCUT2D eigenvalue weighted by Gasteiger charge is -2.13. The molecule has 2 aromatic rings. The van der Waals surface area contributed by atoms with Gasteiger partial charge in [-0.15, -0.1) is 13.2 Å². The molecule has 0 radical (unpaired) electrons. The molecular weight excluding hydrogens is 323 g/mol. The number of ether oxygens (including phenoxy) is 1. The molecule has 2 N–H and O–H groups in total. The number of nitrogens with two attached hydrogens (primary N) is 1. The average Bonchev–Trinajstić information content (AvgIpc) is 2.84. The van der Waals surface area contributed by atoms with Gasteiger partial charge in [-0.05, 0) is 31.2 Å². The summed E-state index contributed by atoms with van der Waals surface area (Å²) in [6, 6.07) is 4.85. The number of aryl methyl sites for hydroxylation is 1. The fourth-order valence-corrected chi connectivity index (χ4v) is 2.61. The second kappa shape index (κ2) is 5.61. The van der Waals surface area contributed by atoms with Gasteiger partial charge >= 0.3 is 6.36 Å². The average molecular weight is 335 g/mol. The molecule has 0 spiro atoms. The molecule has 0 fully saturated rings. The first-order valence-corrected chi connectivity index (χ1v) is 7.61. The van der Waals surface area contributed by atoms with Gasteiger partial charge in [0.05, 0.1) is 5.69 Å². The Balaban J connectivity index is 2.58. The minimum absolute atomic E-state index is 0.359. The van der Waals surface area contributed by atoms with E-state index in [1.54, 1.807) is 10.7 Å². The number of benzene rings is 1. The van der Waals surface area contributed by atoms with Crippen molar-refractivity contribution in [1.29, 1.82) is 0 Å². The summed E-state index contributed by atoms with van der Waals surface area (Å²) in [7, 11) is -4.39. The summed E-state index contributed by atoms with van der Waals surface area (Å²) < 4.78 is 65.3. The van der Waals surface area contributed by atoms with Crippen LogP contribution in [-0.2, 0) is 16.6 Å². The highest BCUT2D eigenvalue weighted by molar-refractivity contribution is 7.89. The van der Waals surface area contributed by atoms with Crippen LogP contribution < -0.4 is 9.88 Å². The third kappa shape index (κ3) is 3.57. The normalized spacial score (nSPS) is 12.4. The van der Waals surface area contributed by atoms with Crippen molar-refractivity contribution in [3.05, 3.63) is 30.5 Å². The van der Waals surface area contributed by atoms with Crippen molar-refractivity contribution in [3.63, 3.8) is 0 Å². The van der Waals surface area contributed by atoms with Crippen LogP contribution in [0.25, 0.3) is 11.3 Å². The van der Waals surface area contributed by atoms with Crippen molar-refractivity contribution in [2.75, 3.05) is 0 Å². The van der Waals surface area contributed by atoms with Crippen LogP contribution >= 0.6 is 0 Å². The molecule has 22 heavy (non-hydrogen) atoms. The lowest BCUT2D eigenvalue weighted by atomic mass is 10.1. The molecule has 1 aromatic carbocycles. The highest BCUT2D eigenvalue weighted by Crippen LogP contribution is 2.32. The van der Waals surface area contributed by atoms with E-state index in [2.05, 4.69) is 9.84 Å². The molecule has 0 atom stereocenters. The summed E-state index contributed by atoms with van der Waals surface area (Å²) >= 11 is 0. The smallest absolute Gasteiger partial charge is 0.404 e. The van der Waals surface area contributed by atoms with Gasteiger partial charge in [0.1, 0.15) is 10.6 Å². The molecule has 120 valence electrons. The van der Waals surface area contributed by atoms with Gasteiger partial charge in [-0.1, -0.05) is 0 Å². The maximum Gasteiger partial charge on any atom is 0.573 e. The molecule has 0 amide bonds. The highest BCUT2D eigenvalue weighted by atomic mass is 32.2. The number of hydrogen-bond donors (Lipinski definition) is 1. The molecule has 10 heteroatoms. The number of alkyl halides is 3. The fourth-order valence-electron chi connectivity index (χ4n) is 1.93. The summed E-state index contributed by atoms with van der Waals surface area (Å²) in [5, 5.41) is 8.98. The Morgan fingerprint density at radius 2 is 2.00 bits per heavy atom. The molecule has 0 aliphatic heterocycles. The van der Waals surface area contributed by atoms with Gasteiger partial charge in [0.15, 0.2) is 0 Å². The Bertz CT molecular complexity index is 784. The predicted octanol–water partition coefficient (Wildman–Crippen LogP) is 2.12. The van der Waals surface area contributed by atoms with Gasteiger partial charge in [-0.3, -0.25) is 4.68 Å². The molecule has 0 bridgehead atoms. The monoisotopic (exact) mass is 335 g/mol. The third-order valence-corrected chi connectivity index (χ3v) is 3.72. The van der Waals surface area contributed by atoms with Gasteiger partial charge in [0, 0.05) is 18.3 Å². The molecular formula is C12H12F3N3O3S. The molecule has 1 aromatic heterocycles. The topological polar surface area (TPSA) is 87.2 Å². The van der Waals surface area contributed by atoms with E-state index < -0.39 is 27.0 Å². The number of hydrogen-bond acceptors (Lipinski definition) is 4. The molecule has 0 saturated carbocycles. The van der Waals surface area contributed by atoms with Crippen LogP contribution in [0.15, 0.2) is 35.4 Å². The summed E-state index contributed by atoms with van der Waals surface area (Å²) in [6.07, 6.45) is -3.53. The van der Waals surface area contributed by atoms with Crippen LogP contribution in [0.1, 0.15) is 6.92 Å². The van der Waals surface area contributed by atoms with Gasteiger partial charge < -0.3 is 4.74 Å². The largest absolute Gasteiger partial charge is 0.573 e. The number of halogens is 3. The van der Waals surface area contributed by atoms with Gasteiger partial charge in [-0.2, -0.15) is 5.10 Å². The Morgan fingerprint density at radius 1 is 1.32 bits per heavy atom. The van der Waals surface area contributed by atoms with Crippen LogP contribution in [-0.4, -0.2) is 24.6 Å². The number of sulfonamides is 1. The van der Waals surface area contributed by atoms with Crippen molar-refractivity contribution in [2.24, 2.45) is 5.14 Å². The van der Waals surface area contributed by atoms with E-state index in [1.807, 2.05) is 6.92 Å². The Kier molecular flexibility index (Phi) is 4.16. The van der Waals surface area contributed by atoms with Crippen molar-refractivity contribution in [1.82, 2.24) is 9.78 Å². The summed E-state index contributed by atoms with van der Waals surface area (Å²) in [5.74, 6) is -0.874. The maximum atomic E-state index is 12.3. The Hall–Kier alpha value is -2.07. The third-order valence-electron chi connectivity index (χ3n) is 2.79. The SMILES string of the molecule is CCn1nccc1-c1ccc(OC(F)(F)F)c(S(N)(=O)=O)c1. The minimum atomic E-state index is -5.02. The van der Waals surface area contributed by atoms with Crippen molar-refractivity contribution in [3.8, 4) is 17.0 Å². The van der Waals surface area contributed by atoms with E-state index in [0.29, 0.717) is 17.8 Å². The van der Waals surface area contributed by atoms with Gasteiger partial charge in [-0.25, -0.2) is 13.6 Å². The molecule has 6 nitrogen and oxygen atoms in total.